The van der Waals surface area contributed by atoms with Gasteiger partial charge in [0, 0.05) is 12.8 Å². The van der Waals surface area contributed by atoms with Crippen molar-refractivity contribution in [2.45, 2.75) is 31.1 Å². The first kappa shape index (κ1) is 28.4. The van der Waals surface area contributed by atoms with Crippen LogP contribution in [0, 0.1) is 0 Å². The summed E-state index contributed by atoms with van der Waals surface area (Å²) in [6.45, 7) is 1.74. The van der Waals surface area contributed by atoms with Crippen molar-refractivity contribution in [2.24, 2.45) is 21.5 Å². The zero-order valence-electron chi connectivity index (χ0n) is 20.6. The van der Waals surface area contributed by atoms with Gasteiger partial charge in [-0.25, -0.2) is 14.8 Å². The number of benzene rings is 2. The number of halogens is 3. The Morgan fingerprint density at radius 3 is 1.95 bits per heavy atom. The van der Waals surface area contributed by atoms with E-state index in [1.807, 2.05) is 0 Å². The molecule has 2 unspecified atom stereocenters. The van der Waals surface area contributed by atoms with Crippen LogP contribution < -0.4 is 20.9 Å². The SMILES string of the molecule is COC(=O)c1cccc(OCCC2COC(N)=N2)c1.NC1=NC(CCOc2ccc(C(F)(F)F)cc2)CO1. The van der Waals surface area contributed by atoms with Crippen molar-refractivity contribution >= 4 is 18.0 Å². The molecule has 0 spiro atoms. The lowest BCUT2D eigenvalue weighted by atomic mass is 10.2. The number of hydrogen-bond donors (Lipinski definition) is 2. The maximum Gasteiger partial charge on any atom is 0.416 e. The third-order valence-corrected chi connectivity index (χ3v) is 5.34. The van der Waals surface area contributed by atoms with E-state index in [1.54, 1.807) is 24.3 Å². The van der Waals surface area contributed by atoms with Gasteiger partial charge >= 0.3 is 12.1 Å². The molecule has 0 bridgehead atoms. The highest BCUT2D eigenvalue weighted by Gasteiger charge is 2.30. The third kappa shape index (κ3) is 9.05. The van der Waals surface area contributed by atoms with Crippen LogP contribution in [0.15, 0.2) is 58.5 Å². The van der Waals surface area contributed by atoms with E-state index in [1.165, 1.54) is 19.2 Å². The van der Waals surface area contributed by atoms with Crippen molar-refractivity contribution in [3.8, 4) is 11.5 Å². The van der Waals surface area contributed by atoms with Gasteiger partial charge in [-0.2, -0.15) is 13.2 Å². The zero-order chi connectivity index (χ0) is 27.5. The number of amidine groups is 2. The predicted molar refractivity (Wildman–Crippen MR) is 132 cm³/mol. The fraction of sp³-hybridized carbons (Fsp3) is 0.400. The number of alkyl halides is 3. The number of nitrogens with two attached hydrogens (primary N) is 2. The summed E-state index contributed by atoms with van der Waals surface area (Å²) in [7, 11) is 1.35. The highest BCUT2D eigenvalue weighted by Crippen LogP contribution is 2.30. The lowest BCUT2D eigenvalue weighted by molar-refractivity contribution is -0.137. The van der Waals surface area contributed by atoms with Crippen LogP contribution in [0.1, 0.15) is 28.8 Å². The molecule has 0 amide bonds. The second-order valence-electron chi connectivity index (χ2n) is 8.18. The van der Waals surface area contributed by atoms with Crippen molar-refractivity contribution in [2.75, 3.05) is 33.5 Å². The van der Waals surface area contributed by atoms with Crippen LogP contribution in [0.25, 0.3) is 0 Å². The molecule has 0 saturated heterocycles. The van der Waals surface area contributed by atoms with E-state index in [2.05, 4.69) is 14.7 Å². The Bertz CT molecular complexity index is 1120. The maximum atomic E-state index is 12.3. The molecule has 0 saturated carbocycles. The van der Waals surface area contributed by atoms with Gasteiger partial charge in [0.2, 0.25) is 0 Å². The van der Waals surface area contributed by atoms with Gasteiger partial charge in [0.25, 0.3) is 12.0 Å². The van der Waals surface area contributed by atoms with Crippen molar-refractivity contribution in [3.05, 3.63) is 59.7 Å². The monoisotopic (exact) mass is 538 g/mol. The molecule has 2 aromatic rings. The molecule has 4 N–H and O–H groups in total. The Morgan fingerprint density at radius 2 is 1.47 bits per heavy atom. The molecular weight excluding hydrogens is 509 g/mol. The average molecular weight is 539 g/mol. The van der Waals surface area contributed by atoms with Crippen molar-refractivity contribution in [1.82, 2.24) is 0 Å². The normalized spacial score (nSPS) is 18.2. The highest BCUT2D eigenvalue weighted by molar-refractivity contribution is 5.89. The van der Waals surface area contributed by atoms with Gasteiger partial charge in [0.05, 0.1) is 43.5 Å². The third-order valence-electron chi connectivity index (χ3n) is 5.34. The summed E-state index contributed by atoms with van der Waals surface area (Å²) in [5.41, 5.74) is 10.5. The topological polar surface area (TPSA) is 140 Å². The molecule has 13 heteroatoms. The Labute approximate surface area is 217 Å². The highest BCUT2D eigenvalue weighted by atomic mass is 19.4. The number of carbonyl (C=O) groups excluding carboxylic acids is 1. The van der Waals surface area contributed by atoms with Gasteiger partial charge in [0.15, 0.2) is 0 Å². The molecule has 2 heterocycles. The number of rotatable bonds is 9. The number of methoxy groups -OCH3 is 1. The first-order valence-electron chi connectivity index (χ1n) is 11.7. The molecule has 2 aliphatic rings. The molecule has 4 rings (SSSR count). The van der Waals surface area contributed by atoms with Gasteiger partial charge in [-0.15, -0.1) is 0 Å². The van der Waals surface area contributed by atoms with Crippen LogP contribution >= 0.6 is 0 Å². The summed E-state index contributed by atoms with van der Waals surface area (Å²) in [6, 6.07) is 11.8. The minimum Gasteiger partial charge on any atom is -0.494 e. The molecule has 10 nitrogen and oxygen atoms in total. The maximum absolute atomic E-state index is 12.3. The summed E-state index contributed by atoms with van der Waals surface area (Å²) in [6.07, 6.45) is -3.02. The quantitative estimate of drug-likeness (QED) is 0.464. The van der Waals surface area contributed by atoms with E-state index in [9.17, 15) is 18.0 Å². The number of aliphatic imine (C=N–C) groups is 2. The first-order valence-corrected chi connectivity index (χ1v) is 11.7. The zero-order valence-corrected chi connectivity index (χ0v) is 20.6. The van der Waals surface area contributed by atoms with E-state index in [0.29, 0.717) is 56.3 Å². The predicted octanol–water partition coefficient (Wildman–Crippen LogP) is 3.14. The average Bonchev–Trinajstić information content (AvgIpc) is 3.51. The molecule has 2 aliphatic heterocycles. The fourth-order valence-electron chi connectivity index (χ4n) is 3.36. The molecule has 2 atom stereocenters. The lowest BCUT2D eigenvalue weighted by Crippen LogP contribution is -2.12. The minimum absolute atomic E-state index is 0.0452. The molecule has 38 heavy (non-hydrogen) atoms. The van der Waals surface area contributed by atoms with E-state index >= 15 is 0 Å². The van der Waals surface area contributed by atoms with Crippen molar-refractivity contribution in [1.29, 1.82) is 0 Å². The molecule has 0 fully saturated rings. The van der Waals surface area contributed by atoms with Crippen LogP contribution in [0.5, 0.6) is 11.5 Å². The smallest absolute Gasteiger partial charge is 0.416 e. The van der Waals surface area contributed by atoms with Gasteiger partial charge in [-0.05, 0) is 42.5 Å². The molecule has 0 aromatic heterocycles. The van der Waals surface area contributed by atoms with E-state index < -0.39 is 11.7 Å². The molecule has 206 valence electrons. The molecule has 2 aromatic carbocycles. The standard InChI is InChI=1S/C13H16N2O4.C12H13F3N2O2/c1-17-12(16)9-3-2-4-11(7-9)18-6-5-10-8-19-13(14)15-10;13-12(14,15)8-1-3-10(4-2-8)18-6-5-9-7-19-11(16)17-9/h2-4,7,10H,5-6,8H2,1H3,(H2,14,15);1-4,9H,5-7H2,(H2,16,17). The molecular formula is C25H29F3N4O6. The van der Waals surface area contributed by atoms with E-state index in [4.69, 9.17) is 30.4 Å². The Balaban J connectivity index is 0.000000211. The van der Waals surface area contributed by atoms with E-state index in [-0.39, 0.29) is 30.1 Å². The fourth-order valence-corrected chi connectivity index (χ4v) is 3.36. The Kier molecular flexibility index (Phi) is 10.0. The van der Waals surface area contributed by atoms with Gasteiger partial charge < -0.3 is 35.2 Å². The number of nitrogens with zero attached hydrogens (tertiary/aromatic N) is 2. The second-order valence-corrected chi connectivity index (χ2v) is 8.18. The van der Waals surface area contributed by atoms with E-state index in [0.717, 1.165) is 12.1 Å². The van der Waals surface area contributed by atoms with Crippen LogP contribution in [-0.4, -0.2) is 63.6 Å². The Morgan fingerprint density at radius 1 is 0.921 bits per heavy atom. The number of esters is 1. The van der Waals surface area contributed by atoms with Gasteiger partial charge in [0.1, 0.15) is 24.7 Å². The summed E-state index contributed by atoms with van der Waals surface area (Å²) in [4.78, 5) is 19.5. The summed E-state index contributed by atoms with van der Waals surface area (Å²) in [5, 5.41) is 0. The Hall–Kier alpha value is -4.16. The number of carbonyl (C=O) groups is 1. The summed E-state index contributed by atoms with van der Waals surface area (Å²) >= 11 is 0. The van der Waals surface area contributed by atoms with Crippen LogP contribution in [0.2, 0.25) is 0 Å². The largest absolute Gasteiger partial charge is 0.494 e. The van der Waals surface area contributed by atoms with Gasteiger partial charge in [-0.3, -0.25) is 0 Å². The summed E-state index contributed by atoms with van der Waals surface area (Å²) < 4.78 is 62.6. The first-order chi connectivity index (χ1) is 18.1. The summed E-state index contributed by atoms with van der Waals surface area (Å²) in [5.74, 6) is 0.634. The van der Waals surface area contributed by atoms with Gasteiger partial charge in [-0.1, -0.05) is 6.07 Å². The van der Waals surface area contributed by atoms with Crippen LogP contribution in [0.4, 0.5) is 13.2 Å². The number of ether oxygens (including phenoxy) is 5. The van der Waals surface area contributed by atoms with Crippen molar-refractivity contribution in [3.63, 3.8) is 0 Å². The second kappa shape index (κ2) is 13.4. The van der Waals surface area contributed by atoms with Crippen molar-refractivity contribution < 1.29 is 41.7 Å². The number of hydrogen-bond acceptors (Lipinski definition) is 10. The van der Waals surface area contributed by atoms with Crippen LogP contribution in [0.3, 0.4) is 0 Å². The molecule has 0 radical (unpaired) electrons. The minimum atomic E-state index is -4.33. The van der Waals surface area contributed by atoms with Crippen LogP contribution in [-0.2, 0) is 20.4 Å². The lowest BCUT2D eigenvalue weighted by Gasteiger charge is -2.10. The molecule has 0 aliphatic carbocycles.